The molecule has 3 saturated heterocycles. The van der Waals surface area contributed by atoms with E-state index >= 15 is 0 Å². The topological polar surface area (TPSA) is 161 Å². The summed E-state index contributed by atoms with van der Waals surface area (Å²) in [4.78, 5) is 56.6. The zero-order chi connectivity index (χ0) is 35.9. The Morgan fingerprint density at radius 2 is 1.75 bits per heavy atom. The Labute approximate surface area is 306 Å². The number of rotatable bonds is 8. The number of hydrogen-bond donors (Lipinski definition) is 2. The molecule has 3 aromatic rings. The highest BCUT2D eigenvalue weighted by Crippen LogP contribution is 2.35. The van der Waals surface area contributed by atoms with E-state index in [1.165, 1.54) is 0 Å². The molecule has 3 unspecified atom stereocenters. The Hall–Kier alpha value is -5.06. The predicted molar refractivity (Wildman–Crippen MR) is 189 cm³/mol. The molecule has 2 bridgehead atoms. The number of benzene rings is 2. The number of hydrogen-bond acceptors (Lipinski definition) is 10. The third kappa shape index (κ3) is 6.80. The van der Waals surface area contributed by atoms with E-state index in [0.717, 1.165) is 75.1 Å². The Bertz CT molecular complexity index is 1950. The minimum absolute atomic E-state index is 0.0175. The number of nitrogens with one attached hydrogen (secondary N) is 2. The van der Waals surface area contributed by atoms with E-state index in [9.17, 15) is 19.2 Å². The second-order valence-electron chi connectivity index (χ2n) is 14.4. The Morgan fingerprint density at radius 1 is 0.962 bits per heavy atom. The molecule has 5 heterocycles. The van der Waals surface area contributed by atoms with Crippen LogP contribution in [0, 0.1) is 11.3 Å². The number of halogens is 1. The third-order valence-electron chi connectivity index (χ3n) is 11.2. The van der Waals surface area contributed by atoms with E-state index in [4.69, 9.17) is 21.6 Å². The number of carbonyl (C=O) groups excluding carboxylic acids is 4. The number of nitrogens with zero attached hydrogens (tertiary/aromatic N) is 6. The van der Waals surface area contributed by atoms with Crippen molar-refractivity contribution in [3.8, 4) is 11.8 Å². The zero-order valence-corrected chi connectivity index (χ0v) is 29.3. The summed E-state index contributed by atoms with van der Waals surface area (Å²) >= 11 is 6.14. The van der Waals surface area contributed by atoms with Crippen molar-refractivity contribution in [1.82, 2.24) is 30.6 Å². The first-order chi connectivity index (χ1) is 25.2. The molecule has 1 aromatic heterocycles. The van der Waals surface area contributed by atoms with Crippen molar-refractivity contribution < 1.29 is 23.9 Å². The SMILES string of the molecule is N#Cc1ccc(O[C@H]2CC[C@H](NC(=O)c3ccc(N4CC5CCC(C4)N5Cc4ccc5c(c4)CN(C4CCC(=O)NC4=O)C5=O)nn3)CC2)cc1Cl. The Kier molecular flexibility index (Phi) is 9.27. The number of fused-ring (bicyclic) bond motifs is 3. The molecule has 52 heavy (non-hydrogen) atoms. The molecule has 2 aromatic carbocycles. The molecular formula is C38H39ClN8O5. The average molecular weight is 723 g/mol. The van der Waals surface area contributed by atoms with Crippen LogP contribution in [0.2, 0.25) is 5.02 Å². The van der Waals surface area contributed by atoms with E-state index in [1.807, 2.05) is 18.2 Å². The molecule has 3 atom stereocenters. The van der Waals surface area contributed by atoms with Gasteiger partial charge in [-0.3, -0.25) is 29.4 Å². The largest absolute Gasteiger partial charge is 0.490 e. The minimum atomic E-state index is -0.619. The standard InChI is InChI=1S/C38H39ClN8O5/c39-31-16-29(7-2-23(31)17-40)52-28-8-3-25(4-9-28)41-36(49)32-11-13-34(44-43-32)45-20-26-5-6-27(21-45)46(26)18-22-1-10-30-24(15-22)19-47(38(30)51)33-12-14-35(48)42-37(33)50/h1-2,7,10-11,13,15-16,25-28,33H,3-6,8-9,12,14,18-21H2,(H,41,49)(H,42,48,50)/t25-,26?,27?,28-,33?. The molecule has 0 spiro atoms. The Morgan fingerprint density at radius 3 is 2.44 bits per heavy atom. The van der Waals surface area contributed by atoms with Crippen LogP contribution >= 0.6 is 11.6 Å². The van der Waals surface area contributed by atoms with Gasteiger partial charge in [-0.1, -0.05) is 23.7 Å². The summed E-state index contributed by atoms with van der Waals surface area (Å²) in [6.45, 7) is 2.76. The fourth-order valence-corrected chi connectivity index (χ4v) is 8.64. The molecule has 2 N–H and O–H groups in total. The number of anilines is 1. The average Bonchev–Trinajstić information content (AvgIpc) is 3.57. The monoisotopic (exact) mass is 722 g/mol. The van der Waals surface area contributed by atoms with Crippen LogP contribution in [-0.2, 0) is 22.7 Å². The van der Waals surface area contributed by atoms with Crippen molar-refractivity contribution in [2.75, 3.05) is 18.0 Å². The lowest BCUT2D eigenvalue weighted by Crippen LogP contribution is -2.53. The maximum absolute atomic E-state index is 13.1. The minimum Gasteiger partial charge on any atom is -0.490 e. The first-order valence-corrected chi connectivity index (χ1v) is 18.4. The molecular weight excluding hydrogens is 684 g/mol. The highest BCUT2D eigenvalue weighted by Gasteiger charge is 2.42. The predicted octanol–water partition coefficient (Wildman–Crippen LogP) is 3.74. The van der Waals surface area contributed by atoms with Crippen LogP contribution in [0.15, 0.2) is 48.5 Å². The van der Waals surface area contributed by atoms with E-state index in [-0.39, 0.29) is 36.3 Å². The summed E-state index contributed by atoms with van der Waals surface area (Å²) in [7, 11) is 0. The van der Waals surface area contributed by atoms with Crippen LogP contribution in [0.25, 0.3) is 0 Å². The molecule has 1 aliphatic carbocycles. The lowest BCUT2D eigenvalue weighted by atomic mass is 9.93. The van der Waals surface area contributed by atoms with Gasteiger partial charge in [0.05, 0.1) is 16.7 Å². The number of imide groups is 1. The molecule has 1 saturated carbocycles. The van der Waals surface area contributed by atoms with E-state index in [1.54, 1.807) is 29.2 Å². The molecule has 4 aliphatic heterocycles. The maximum atomic E-state index is 13.1. The third-order valence-corrected chi connectivity index (χ3v) is 11.5. The molecule has 4 fully saturated rings. The van der Waals surface area contributed by atoms with Gasteiger partial charge in [0.25, 0.3) is 11.8 Å². The summed E-state index contributed by atoms with van der Waals surface area (Å²) in [5, 5.41) is 23.7. The maximum Gasteiger partial charge on any atom is 0.272 e. The van der Waals surface area contributed by atoms with Crippen molar-refractivity contribution in [3.05, 3.63) is 81.5 Å². The molecule has 0 radical (unpaired) electrons. The van der Waals surface area contributed by atoms with Gasteiger partial charge < -0.3 is 19.9 Å². The first-order valence-electron chi connectivity index (χ1n) is 18.0. The van der Waals surface area contributed by atoms with Crippen molar-refractivity contribution in [2.24, 2.45) is 0 Å². The quantitative estimate of drug-likeness (QED) is 0.328. The van der Waals surface area contributed by atoms with Crippen LogP contribution in [0.3, 0.4) is 0 Å². The summed E-state index contributed by atoms with van der Waals surface area (Å²) in [6, 6.07) is 16.8. The highest BCUT2D eigenvalue weighted by molar-refractivity contribution is 6.31. The fourth-order valence-electron chi connectivity index (χ4n) is 8.42. The number of piperidine rings is 1. The molecule has 5 aliphatic rings. The van der Waals surface area contributed by atoms with E-state index < -0.39 is 11.9 Å². The van der Waals surface area contributed by atoms with Crippen LogP contribution in [-0.4, -0.2) is 87.0 Å². The van der Waals surface area contributed by atoms with Crippen LogP contribution in [0.4, 0.5) is 5.82 Å². The van der Waals surface area contributed by atoms with Crippen molar-refractivity contribution in [1.29, 1.82) is 5.26 Å². The normalized spacial score (nSPS) is 25.8. The lowest BCUT2D eigenvalue weighted by molar-refractivity contribution is -0.136. The van der Waals surface area contributed by atoms with Crippen molar-refractivity contribution in [3.63, 3.8) is 0 Å². The van der Waals surface area contributed by atoms with Gasteiger partial charge in [-0.2, -0.15) is 5.26 Å². The van der Waals surface area contributed by atoms with Crippen LogP contribution in [0.1, 0.15) is 88.9 Å². The number of aromatic nitrogens is 2. The smallest absolute Gasteiger partial charge is 0.272 e. The van der Waals surface area contributed by atoms with Gasteiger partial charge in [0.15, 0.2) is 11.5 Å². The zero-order valence-electron chi connectivity index (χ0n) is 28.6. The fraction of sp³-hybridized carbons (Fsp3) is 0.447. The van der Waals surface area contributed by atoms with Crippen LogP contribution < -0.4 is 20.3 Å². The van der Waals surface area contributed by atoms with Gasteiger partial charge in [-0.05, 0) is 86.4 Å². The number of carbonyl (C=O) groups is 4. The number of piperazine rings is 1. The summed E-state index contributed by atoms with van der Waals surface area (Å²) in [5.41, 5.74) is 3.39. The van der Waals surface area contributed by atoms with Crippen LogP contribution in [0.5, 0.6) is 5.75 Å². The van der Waals surface area contributed by atoms with Gasteiger partial charge >= 0.3 is 0 Å². The second kappa shape index (κ2) is 14.2. The number of amides is 4. The molecule has 14 heteroatoms. The van der Waals surface area contributed by atoms with Gasteiger partial charge in [-0.15, -0.1) is 10.2 Å². The first kappa shape index (κ1) is 34.0. The van der Waals surface area contributed by atoms with Gasteiger partial charge in [0.2, 0.25) is 11.8 Å². The highest BCUT2D eigenvalue weighted by atomic mass is 35.5. The molecule has 13 nitrogen and oxygen atoms in total. The lowest BCUT2D eigenvalue weighted by Gasteiger charge is -2.41. The molecule has 4 amide bonds. The summed E-state index contributed by atoms with van der Waals surface area (Å²) < 4.78 is 6.08. The molecule has 268 valence electrons. The van der Waals surface area contributed by atoms with E-state index in [0.29, 0.717) is 52.6 Å². The Balaban J connectivity index is 0.823. The number of ether oxygens (including phenoxy) is 1. The van der Waals surface area contributed by atoms with Crippen molar-refractivity contribution in [2.45, 2.75) is 94.7 Å². The van der Waals surface area contributed by atoms with Gasteiger partial charge in [0.1, 0.15) is 17.9 Å². The van der Waals surface area contributed by atoms with Crippen molar-refractivity contribution >= 4 is 41.0 Å². The van der Waals surface area contributed by atoms with Gasteiger partial charge in [0, 0.05) is 62.4 Å². The van der Waals surface area contributed by atoms with E-state index in [2.05, 4.69) is 42.8 Å². The number of nitriles is 1. The summed E-state index contributed by atoms with van der Waals surface area (Å²) in [5.74, 6) is 0.321. The molecule has 8 rings (SSSR count). The van der Waals surface area contributed by atoms with Gasteiger partial charge in [-0.25, -0.2) is 0 Å². The second-order valence-corrected chi connectivity index (χ2v) is 14.9. The summed E-state index contributed by atoms with van der Waals surface area (Å²) in [6.07, 6.45) is 5.90.